The number of aryl methyl sites for hydroxylation is 1. The lowest BCUT2D eigenvalue weighted by atomic mass is 10.2. The smallest absolute Gasteiger partial charge is 0.310 e. The molecule has 1 N–H and O–H groups in total. The summed E-state index contributed by atoms with van der Waals surface area (Å²) >= 11 is 0. The zero-order valence-electron chi connectivity index (χ0n) is 10.6. The van der Waals surface area contributed by atoms with Gasteiger partial charge in [0.25, 0.3) is 5.56 Å². The summed E-state index contributed by atoms with van der Waals surface area (Å²) in [6.45, 7) is 10.6. The maximum atomic E-state index is 12.2. The zero-order valence-corrected chi connectivity index (χ0v) is 10.6. The Labute approximate surface area is 108 Å². The first kappa shape index (κ1) is 12.8. The van der Waals surface area contributed by atoms with Gasteiger partial charge in [0, 0.05) is 11.9 Å². The highest BCUT2D eigenvalue weighted by atomic mass is 16.5. The van der Waals surface area contributed by atoms with Crippen LogP contribution in [-0.4, -0.2) is 27.2 Å². The molecule has 0 saturated heterocycles. The number of carbonyl (C=O) groups is 1. The third-order valence-corrected chi connectivity index (χ3v) is 2.69. The minimum atomic E-state index is -0.471. The third-order valence-electron chi connectivity index (χ3n) is 2.69. The summed E-state index contributed by atoms with van der Waals surface area (Å²) in [7, 11) is 0. The highest BCUT2D eigenvalue weighted by molar-refractivity contribution is 5.73. The first-order valence-electron chi connectivity index (χ1n) is 5.71. The van der Waals surface area contributed by atoms with E-state index in [1.54, 1.807) is 13.8 Å². The van der Waals surface area contributed by atoms with Crippen LogP contribution in [0.25, 0.3) is 10.5 Å². The summed E-state index contributed by atoms with van der Waals surface area (Å²) in [4.78, 5) is 31.1. The van der Waals surface area contributed by atoms with E-state index in [0.717, 1.165) is 4.52 Å². The third kappa shape index (κ3) is 2.20. The molecule has 2 heterocycles. The molecule has 2 aromatic rings. The van der Waals surface area contributed by atoms with Crippen molar-refractivity contribution in [3.05, 3.63) is 39.2 Å². The molecule has 0 aliphatic heterocycles. The maximum absolute atomic E-state index is 12.2. The zero-order chi connectivity index (χ0) is 14.0. The number of rotatable bonds is 3. The molecular formula is C12H12N4O3. The summed E-state index contributed by atoms with van der Waals surface area (Å²) in [6, 6.07) is 0. The molecule has 0 fully saturated rings. The normalized spacial score (nSPS) is 10.4. The van der Waals surface area contributed by atoms with Crippen molar-refractivity contribution >= 4 is 17.3 Å². The summed E-state index contributed by atoms with van der Waals surface area (Å²) in [5, 5.41) is 2.66. The number of carbonyl (C=O) groups excluding carboxylic acids is 1. The highest BCUT2D eigenvalue weighted by Crippen LogP contribution is 2.17. The molecule has 2 rings (SSSR count). The maximum Gasteiger partial charge on any atom is 0.310 e. The minimum Gasteiger partial charge on any atom is -0.466 e. The van der Waals surface area contributed by atoms with Gasteiger partial charge in [0.2, 0.25) is 5.69 Å². The van der Waals surface area contributed by atoms with Crippen LogP contribution >= 0.6 is 0 Å². The number of hydrogen-bond acceptors (Lipinski definition) is 4. The van der Waals surface area contributed by atoms with E-state index in [0.29, 0.717) is 5.69 Å². The second-order valence-electron chi connectivity index (χ2n) is 3.89. The van der Waals surface area contributed by atoms with Gasteiger partial charge in [-0.2, -0.15) is 0 Å². The summed E-state index contributed by atoms with van der Waals surface area (Å²) in [6.07, 6.45) is 1.28. The number of nitrogens with zero attached hydrogens (tertiary/aromatic N) is 3. The van der Waals surface area contributed by atoms with E-state index >= 15 is 0 Å². The molecule has 0 aromatic carbocycles. The first-order valence-corrected chi connectivity index (χ1v) is 5.71. The van der Waals surface area contributed by atoms with Crippen LogP contribution in [0.3, 0.4) is 0 Å². The Morgan fingerprint density at radius 2 is 2.37 bits per heavy atom. The van der Waals surface area contributed by atoms with Crippen molar-refractivity contribution in [1.29, 1.82) is 0 Å². The molecule has 0 amide bonds. The summed E-state index contributed by atoms with van der Waals surface area (Å²) in [5.41, 5.74) is 0.857. The van der Waals surface area contributed by atoms with E-state index in [1.807, 2.05) is 0 Å². The number of aromatic amines is 1. The number of aromatic nitrogens is 3. The van der Waals surface area contributed by atoms with Crippen molar-refractivity contribution < 1.29 is 9.53 Å². The number of fused-ring (bicyclic) bond motifs is 1. The monoisotopic (exact) mass is 260 g/mol. The van der Waals surface area contributed by atoms with Crippen molar-refractivity contribution in [2.24, 2.45) is 0 Å². The highest BCUT2D eigenvalue weighted by Gasteiger charge is 2.16. The van der Waals surface area contributed by atoms with Gasteiger partial charge < -0.3 is 9.84 Å². The number of hydrogen-bond donors (Lipinski definition) is 1. The van der Waals surface area contributed by atoms with Crippen molar-refractivity contribution in [1.82, 2.24) is 14.6 Å². The SMILES string of the molecule is [C-]#[N+]c1c[nH]n2c(=O)c(CC(=O)OCC)c(C)nc12. The summed E-state index contributed by atoms with van der Waals surface area (Å²) < 4.78 is 5.98. The van der Waals surface area contributed by atoms with Crippen LogP contribution < -0.4 is 5.56 Å². The Morgan fingerprint density at radius 1 is 1.63 bits per heavy atom. The molecule has 19 heavy (non-hydrogen) atoms. The van der Waals surface area contributed by atoms with Gasteiger partial charge in [0.05, 0.1) is 25.2 Å². The molecule has 2 aromatic heterocycles. The minimum absolute atomic E-state index is 0.124. The van der Waals surface area contributed by atoms with Gasteiger partial charge in [-0.3, -0.25) is 9.59 Å². The predicted octanol–water partition coefficient (Wildman–Crippen LogP) is 0.987. The van der Waals surface area contributed by atoms with E-state index in [9.17, 15) is 9.59 Å². The predicted molar refractivity (Wildman–Crippen MR) is 67.1 cm³/mol. The van der Waals surface area contributed by atoms with Gasteiger partial charge >= 0.3 is 5.97 Å². The van der Waals surface area contributed by atoms with Crippen LogP contribution in [0, 0.1) is 13.5 Å². The van der Waals surface area contributed by atoms with E-state index in [1.165, 1.54) is 6.20 Å². The van der Waals surface area contributed by atoms with Crippen molar-refractivity contribution in [2.75, 3.05) is 6.61 Å². The second-order valence-corrected chi connectivity index (χ2v) is 3.89. The molecule has 0 unspecified atom stereocenters. The first-order chi connectivity index (χ1) is 9.08. The van der Waals surface area contributed by atoms with Crippen molar-refractivity contribution in [3.8, 4) is 0 Å². The molecule has 0 spiro atoms. The second kappa shape index (κ2) is 4.94. The Balaban J connectivity index is 2.55. The van der Waals surface area contributed by atoms with Gasteiger partial charge in [0.15, 0.2) is 5.65 Å². The fraction of sp³-hybridized carbons (Fsp3) is 0.333. The lowest BCUT2D eigenvalue weighted by Crippen LogP contribution is -2.24. The molecule has 0 radical (unpaired) electrons. The van der Waals surface area contributed by atoms with Crippen LogP contribution in [0.1, 0.15) is 18.2 Å². The van der Waals surface area contributed by atoms with Gasteiger partial charge in [-0.1, -0.05) is 0 Å². The lowest BCUT2D eigenvalue weighted by Gasteiger charge is -2.05. The van der Waals surface area contributed by atoms with Gasteiger partial charge in [0.1, 0.15) is 0 Å². The van der Waals surface area contributed by atoms with Gasteiger partial charge in [-0.05, 0) is 13.8 Å². The number of ether oxygens (including phenoxy) is 1. The molecule has 0 aliphatic rings. The Kier molecular flexibility index (Phi) is 3.33. The molecule has 7 heteroatoms. The van der Waals surface area contributed by atoms with Crippen LogP contribution in [0.4, 0.5) is 5.69 Å². The Hall–Kier alpha value is -2.62. The molecule has 0 bridgehead atoms. The van der Waals surface area contributed by atoms with E-state index in [4.69, 9.17) is 11.3 Å². The number of esters is 1. The average molecular weight is 260 g/mol. The largest absolute Gasteiger partial charge is 0.466 e. The van der Waals surface area contributed by atoms with Crippen LogP contribution in [-0.2, 0) is 16.0 Å². The fourth-order valence-corrected chi connectivity index (χ4v) is 1.79. The topological polar surface area (TPSA) is 80.8 Å². The fourth-order valence-electron chi connectivity index (χ4n) is 1.79. The Bertz CT molecular complexity index is 736. The standard InChI is InChI=1S/C12H12N4O3/c1-4-19-10(17)5-8-7(2)15-11-9(13-3)6-14-16(11)12(8)18/h6,14H,4-5H2,1-2H3. The molecule has 98 valence electrons. The lowest BCUT2D eigenvalue weighted by molar-refractivity contribution is -0.142. The number of H-pyrrole nitrogens is 1. The van der Waals surface area contributed by atoms with E-state index in [-0.39, 0.29) is 35.5 Å². The van der Waals surface area contributed by atoms with Crippen LogP contribution in [0.5, 0.6) is 0 Å². The Morgan fingerprint density at radius 3 is 3.00 bits per heavy atom. The van der Waals surface area contributed by atoms with Crippen LogP contribution in [0.15, 0.2) is 11.0 Å². The number of nitrogens with one attached hydrogen (secondary N) is 1. The molecular weight excluding hydrogens is 248 g/mol. The molecule has 7 nitrogen and oxygen atoms in total. The van der Waals surface area contributed by atoms with E-state index < -0.39 is 5.97 Å². The van der Waals surface area contributed by atoms with Gasteiger partial charge in [-0.15, -0.1) is 0 Å². The van der Waals surface area contributed by atoms with E-state index in [2.05, 4.69) is 14.9 Å². The molecule has 0 atom stereocenters. The van der Waals surface area contributed by atoms with Crippen molar-refractivity contribution in [3.63, 3.8) is 0 Å². The average Bonchev–Trinajstić information content (AvgIpc) is 2.77. The van der Waals surface area contributed by atoms with Crippen LogP contribution in [0.2, 0.25) is 0 Å². The molecule has 0 saturated carbocycles. The quantitative estimate of drug-likeness (QED) is 0.659. The molecule has 0 aliphatic carbocycles. The van der Waals surface area contributed by atoms with Gasteiger partial charge in [-0.25, -0.2) is 14.3 Å². The summed E-state index contributed by atoms with van der Waals surface area (Å²) in [5.74, 6) is -0.471. The van der Waals surface area contributed by atoms with Crippen molar-refractivity contribution in [2.45, 2.75) is 20.3 Å².